The number of nitrogen functional groups attached to an aromatic ring is 1. The summed E-state index contributed by atoms with van der Waals surface area (Å²) < 4.78 is 0.815. The van der Waals surface area contributed by atoms with Crippen molar-refractivity contribution in [3.8, 4) is 0 Å². The largest absolute Gasteiger partial charge is 0.375 e. The number of thiazole rings is 1. The average molecular weight is 209 g/mol. The molecule has 0 aromatic carbocycles. The van der Waals surface area contributed by atoms with Crippen LogP contribution in [0.5, 0.6) is 0 Å². The fourth-order valence-corrected chi connectivity index (χ4v) is 1.28. The van der Waals surface area contributed by atoms with E-state index in [9.17, 15) is 0 Å². The van der Waals surface area contributed by atoms with Crippen LogP contribution in [0.1, 0.15) is 13.8 Å². The van der Waals surface area contributed by atoms with Crippen molar-refractivity contribution in [2.75, 3.05) is 5.73 Å². The number of hydrogen-bond acceptors (Lipinski definition) is 3. The van der Waals surface area contributed by atoms with Crippen LogP contribution in [0.15, 0.2) is 9.98 Å². The molecule has 0 aliphatic rings. The van der Waals surface area contributed by atoms with E-state index >= 15 is 0 Å². The number of nitrogens with two attached hydrogens (primary N) is 1. The van der Waals surface area contributed by atoms with Crippen LogP contribution < -0.4 is 5.73 Å². The molecule has 2 N–H and O–H groups in total. The van der Waals surface area contributed by atoms with Gasteiger partial charge in [0.05, 0.1) is 0 Å². The molecule has 0 aliphatic heterocycles. The molecule has 0 fully saturated rings. The van der Waals surface area contributed by atoms with Crippen LogP contribution in [0, 0.1) is 0 Å². The van der Waals surface area contributed by atoms with Gasteiger partial charge in [0.25, 0.3) is 0 Å². The molecule has 1 aromatic heterocycles. The van der Waals surface area contributed by atoms with E-state index in [2.05, 4.69) is 20.9 Å². The summed E-state index contributed by atoms with van der Waals surface area (Å²) in [5.41, 5.74) is 5.26. The van der Waals surface area contributed by atoms with Crippen LogP contribution in [-0.2, 0) is 0 Å². The van der Waals surface area contributed by atoms with Gasteiger partial charge in [-0.1, -0.05) is 13.8 Å². The summed E-state index contributed by atoms with van der Waals surface area (Å²) in [6.45, 7) is 4.00. The molecule has 1 aromatic rings. The molecule has 4 heteroatoms. The highest BCUT2D eigenvalue weighted by Gasteiger charge is 1.88. The van der Waals surface area contributed by atoms with Crippen LogP contribution in [0.3, 0.4) is 0 Å². The maximum absolute atomic E-state index is 5.26. The summed E-state index contributed by atoms with van der Waals surface area (Å²) in [6.07, 6.45) is 0. The minimum absolute atomic E-state index is 0.604. The zero-order valence-electron chi connectivity index (χ0n) is 5.39. The number of halogens is 1. The zero-order valence-corrected chi connectivity index (χ0v) is 7.79. The quantitative estimate of drug-likeness (QED) is 0.712. The Morgan fingerprint density at radius 2 is 2.22 bits per heavy atom. The molecule has 0 aliphatic carbocycles. The molecule has 2 nitrogen and oxygen atoms in total. The molecule has 0 amide bonds. The van der Waals surface area contributed by atoms with Gasteiger partial charge in [0.1, 0.15) is 4.60 Å². The summed E-state index contributed by atoms with van der Waals surface area (Å²) in [4.78, 5) is 3.82. The van der Waals surface area contributed by atoms with Crippen LogP contribution in [0.4, 0.5) is 5.13 Å². The fourth-order valence-electron chi connectivity index (χ4n) is 0.267. The molecule has 1 heterocycles. The highest BCUT2D eigenvalue weighted by atomic mass is 79.9. The van der Waals surface area contributed by atoms with Crippen molar-refractivity contribution in [2.24, 2.45) is 0 Å². The van der Waals surface area contributed by atoms with Gasteiger partial charge in [-0.05, 0) is 15.9 Å². The lowest BCUT2D eigenvalue weighted by Crippen LogP contribution is -1.78. The first-order valence-electron chi connectivity index (χ1n) is 2.65. The van der Waals surface area contributed by atoms with Gasteiger partial charge in [-0.2, -0.15) is 0 Å². The standard InChI is InChI=1S/C3H3BrN2S.C2H6/c4-2-1-7-3(5)6-2;1-2/h1H,(H2,5,6);1-2H3. The van der Waals surface area contributed by atoms with Gasteiger partial charge in [0.15, 0.2) is 5.13 Å². The highest BCUT2D eigenvalue weighted by molar-refractivity contribution is 9.10. The van der Waals surface area contributed by atoms with Crippen LogP contribution in [0.25, 0.3) is 0 Å². The van der Waals surface area contributed by atoms with Gasteiger partial charge in [-0.3, -0.25) is 0 Å². The smallest absolute Gasteiger partial charge is 0.181 e. The monoisotopic (exact) mass is 208 g/mol. The second-order valence-electron chi connectivity index (χ2n) is 1.01. The summed E-state index contributed by atoms with van der Waals surface area (Å²) in [7, 11) is 0. The van der Waals surface area contributed by atoms with Gasteiger partial charge in [0, 0.05) is 5.38 Å². The third-order valence-electron chi connectivity index (χ3n) is 0.494. The summed E-state index contributed by atoms with van der Waals surface area (Å²) in [6, 6.07) is 0. The van der Waals surface area contributed by atoms with E-state index in [1.54, 1.807) is 0 Å². The molecule has 0 unspecified atom stereocenters. The first-order valence-corrected chi connectivity index (χ1v) is 4.33. The van der Waals surface area contributed by atoms with Crippen molar-refractivity contribution in [3.63, 3.8) is 0 Å². The highest BCUT2D eigenvalue weighted by Crippen LogP contribution is 2.15. The lowest BCUT2D eigenvalue weighted by atomic mass is 11.0. The minimum Gasteiger partial charge on any atom is -0.375 e. The molecule has 0 bridgehead atoms. The Kier molecular flexibility index (Phi) is 4.71. The van der Waals surface area contributed by atoms with Gasteiger partial charge in [-0.15, -0.1) is 11.3 Å². The minimum atomic E-state index is 0.604. The van der Waals surface area contributed by atoms with E-state index in [1.165, 1.54) is 11.3 Å². The van der Waals surface area contributed by atoms with Crippen LogP contribution in [-0.4, -0.2) is 4.98 Å². The Hall–Kier alpha value is -0.0900. The Balaban J connectivity index is 0.000000291. The van der Waals surface area contributed by atoms with Crippen molar-refractivity contribution in [3.05, 3.63) is 9.98 Å². The molecule has 0 spiro atoms. The molecule has 0 atom stereocenters. The molecule has 0 radical (unpaired) electrons. The Labute approximate surface area is 67.2 Å². The second kappa shape index (κ2) is 4.76. The van der Waals surface area contributed by atoms with Crippen molar-refractivity contribution >= 4 is 32.4 Å². The van der Waals surface area contributed by atoms with E-state index in [1.807, 2.05) is 19.2 Å². The Morgan fingerprint density at radius 3 is 2.33 bits per heavy atom. The molecular weight excluding hydrogens is 200 g/mol. The van der Waals surface area contributed by atoms with Crippen molar-refractivity contribution < 1.29 is 0 Å². The predicted octanol–water partition coefficient (Wildman–Crippen LogP) is 2.51. The molecular formula is C5H9BrN2S. The SMILES string of the molecule is CC.Nc1nc(Br)cs1. The second-order valence-corrected chi connectivity index (χ2v) is 2.71. The summed E-state index contributed by atoms with van der Waals surface area (Å²) in [5.74, 6) is 0. The summed E-state index contributed by atoms with van der Waals surface area (Å²) >= 11 is 4.58. The van der Waals surface area contributed by atoms with Gasteiger partial charge < -0.3 is 5.73 Å². The lowest BCUT2D eigenvalue weighted by molar-refractivity contribution is 1.37. The van der Waals surface area contributed by atoms with Gasteiger partial charge >= 0.3 is 0 Å². The summed E-state index contributed by atoms with van der Waals surface area (Å²) in [5, 5.41) is 2.45. The first kappa shape index (κ1) is 8.91. The van der Waals surface area contributed by atoms with Crippen LogP contribution in [0.2, 0.25) is 0 Å². The predicted molar refractivity (Wildman–Crippen MR) is 45.6 cm³/mol. The molecule has 52 valence electrons. The van der Waals surface area contributed by atoms with Gasteiger partial charge in [0.2, 0.25) is 0 Å². The number of hydrogen-bond donors (Lipinski definition) is 1. The van der Waals surface area contributed by atoms with E-state index in [4.69, 9.17) is 5.73 Å². The van der Waals surface area contributed by atoms with Crippen LogP contribution >= 0.6 is 27.3 Å². The number of nitrogens with zero attached hydrogens (tertiary/aromatic N) is 1. The maximum atomic E-state index is 5.26. The Morgan fingerprint density at radius 1 is 1.67 bits per heavy atom. The van der Waals surface area contributed by atoms with Crippen molar-refractivity contribution in [2.45, 2.75) is 13.8 Å². The Bertz CT molecular complexity index is 147. The average Bonchev–Trinajstić information content (AvgIpc) is 2.20. The molecule has 9 heavy (non-hydrogen) atoms. The fraction of sp³-hybridized carbons (Fsp3) is 0.400. The van der Waals surface area contributed by atoms with E-state index in [-0.39, 0.29) is 0 Å². The normalized spacial score (nSPS) is 7.89. The number of aromatic nitrogens is 1. The topological polar surface area (TPSA) is 38.9 Å². The first-order chi connectivity index (χ1) is 4.29. The van der Waals surface area contributed by atoms with Gasteiger partial charge in [-0.25, -0.2) is 4.98 Å². The lowest BCUT2D eigenvalue weighted by Gasteiger charge is -1.70. The third-order valence-corrected chi connectivity index (χ3v) is 1.88. The van der Waals surface area contributed by atoms with Crippen molar-refractivity contribution in [1.29, 1.82) is 0 Å². The number of anilines is 1. The maximum Gasteiger partial charge on any atom is 0.181 e. The zero-order chi connectivity index (χ0) is 7.28. The third kappa shape index (κ3) is 3.48. The molecule has 1 rings (SSSR count). The van der Waals surface area contributed by atoms with E-state index in [0.717, 1.165) is 4.60 Å². The number of rotatable bonds is 0. The van der Waals surface area contributed by atoms with E-state index < -0.39 is 0 Å². The molecule has 0 saturated carbocycles. The molecule has 0 saturated heterocycles. The van der Waals surface area contributed by atoms with Crippen molar-refractivity contribution in [1.82, 2.24) is 4.98 Å². The van der Waals surface area contributed by atoms with E-state index in [0.29, 0.717) is 5.13 Å².